The molecule has 0 bridgehead atoms. The normalized spacial score (nSPS) is 18.6. The maximum absolute atomic E-state index is 12.6. The SMILES string of the molecule is Cc1ccc(CN2CCC3(CC2)CCN(C(=O)c2cccs2)C3)o1.O=C(O)C(F)(F)F. The number of hydrogen-bond donors (Lipinski definition) is 1. The number of carbonyl (C=O) groups is 2. The second-order valence-electron chi connectivity index (χ2n) is 8.05. The third-order valence-corrected chi connectivity index (χ3v) is 6.65. The van der Waals surface area contributed by atoms with Gasteiger partial charge in [0.05, 0.1) is 11.4 Å². The lowest BCUT2D eigenvalue weighted by Gasteiger charge is -2.38. The van der Waals surface area contributed by atoms with Gasteiger partial charge in [0.2, 0.25) is 0 Å². The Balaban J connectivity index is 0.000000339. The minimum absolute atomic E-state index is 0.218. The predicted molar refractivity (Wildman–Crippen MR) is 109 cm³/mol. The van der Waals surface area contributed by atoms with Gasteiger partial charge in [0.1, 0.15) is 11.5 Å². The first-order valence-corrected chi connectivity index (χ1v) is 10.9. The van der Waals surface area contributed by atoms with E-state index in [0.29, 0.717) is 5.41 Å². The Morgan fingerprint density at radius 3 is 2.32 bits per heavy atom. The summed E-state index contributed by atoms with van der Waals surface area (Å²) in [6.07, 6.45) is -1.57. The summed E-state index contributed by atoms with van der Waals surface area (Å²) in [5, 5.41) is 9.11. The van der Waals surface area contributed by atoms with Gasteiger partial charge in [-0.3, -0.25) is 9.69 Å². The van der Waals surface area contributed by atoms with Gasteiger partial charge in [-0.2, -0.15) is 13.2 Å². The molecule has 0 aromatic carbocycles. The summed E-state index contributed by atoms with van der Waals surface area (Å²) >= 11 is 1.55. The summed E-state index contributed by atoms with van der Waals surface area (Å²) in [5.41, 5.74) is 0.336. The van der Waals surface area contributed by atoms with Gasteiger partial charge in [-0.15, -0.1) is 11.3 Å². The molecule has 1 N–H and O–H groups in total. The number of hydrogen-bond acceptors (Lipinski definition) is 5. The molecule has 2 saturated heterocycles. The molecule has 0 unspecified atom stereocenters. The number of nitrogens with zero attached hydrogens (tertiary/aromatic N) is 2. The average molecular weight is 459 g/mol. The minimum Gasteiger partial charge on any atom is -0.475 e. The lowest BCUT2D eigenvalue weighted by Crippen LogP contribution is -2.41. The van der Waals surface area contributed by atoms with Crippen LogP contribution in [0.3, 0.4) is 0 Å². The molecule has 10 heteroatoms. The van der Waals surface area contributed by atoms with E-state index in [1.165, 1.54) is 12.8 Å². The molecular formula is C21H25F3N2O4S. The van der Waals surface area contributed by atoms with Crippen molar-refractivity contribution in [2.45, 2.75) is 38.9 Å². The van der Waals surface area contributed by atoms with Gasteiger partial charge in [-0.05, 0) is 68.3 Å². The molecular weight excluding hydrogens is 433 g/mol. The first-order chi connectivity index (χ1) is 14.6. The molecule has 2 fully saturated rings. The van der Waals surface area contributed by atoms with Crippen LogP contribution in [0.15, 0.2) is 34.1 Å². The van der Waals surface area contributed by atoms with Gasteiger partial charge < -0.3 is 14.4 Å². The zero-order chi connectivity index (χ0) is 22.6. The summed E-state index contributed by atoms with van der Waals surface area (Å²) in [5.74, 6) is -0.496. The number of carboxylic acids is 1. The molecule has 0 radical (unpaired) electrons. The van der Waals surface area contributed by atoms with E-state index >= 15 is 0 Å². The molecule has 0 saturated carbocycles. The van der Waals surface area contributed by atoms with Crippen LogP contribution < -0.4 is 0 Å². The molecule has 31 heavy (non-hydrogen) atoms. The van der Waals surface area contributed by atoms with Gasteiger partial charge in [-0.1, -0.05) is 6.07 Å². The molecule has 2 aromatic heterocycles. The van der Waals surface area contributed by atoms with Crippen LogP contribution in [-0.2, 0) is 11.3 Å². The van der Waals surface area contributed by atoms with Gasteiger partial charge in [0, 0.05) is 13.1 Å². The van der Waals surface area contributed by atoms with Crippen LogP contribution in [0.5, 0.6) is 0 Å². The van der Waals surface area contributed by atoms with E-state index in [0.717, 1.165) is 55.5 Å². The Labute approximate surface area is 182 Å². The van der Waals surface area contributed by atoms with Crippen molar-refractivity contribution in [1.82, 2.24) is 9.80 Å². The summed E-state index contributed by atoms with van der Waals surface area (Å²) in [6.45, 7) is 6.93. The van der Waals surface area contributed by atoms with Crippen molar-refractivity contribution in [3.05, 3.63) is 46.0 Å². The first kappa shape index (κ1) is 23.3. The van der Waals surface area contributed by atoms with E-state index in [9.17, 15) is 18.0 Å². The summed E-state index contributed by atoms with van der Waals surface area (Å²) in [7, 11) is 0. The van der Waals surface area contributed by atoms with Crippen LogP contribution in [0.2, 0.25) is 0 Å². The van der Waals surface area contributed by atoms with Crippen molar-refractivity contribution in [3.63, 3.8) is 0 Å². The number of carboxylic acid groups (broad SMARTS) is 1. The topological polar surface area (TPSA) is 74.0 Å². The summed E-state index contributed by atoms with van der Waals surface area (Å²) in [4.78, 5) is 26.9. The number of piperidine rings is 1. The number of rotatable bonds is 3. The number of halogens is 3. The smallest absolute Gasteiger partial charge is 0.475 e. The average Bonchev–Trinajstić information content (AvgIpc) is 3.45. The summed E-state index contributed by atoms with van der Waals surface area (Å²) in [6, 6.07) is 8.01. The molecule has 2 aromatic rings. The van der Waals surface area contributed by atoms with Crippen molar-refractivity contribution >= 4 is 23.2 Å². The van der Waals surface area contributed by atoms with E-state index in [1.54, 1.807) is 11.3 Å². The van der Waals surface area contributed by atoms with Crippen LogP contribution in [0.4, 0.5) is 13.2 Å². The quantitative estimate of drug-likeness (QED) is 0.738. The number of aliphatic carboxylic acids is 1. The highest BCUT2D eigenvalue weighted by Crippen LogP contribution is 2.41. The Morgan fingerprint density at radius 2 is 1.81 bits per heavy atom. The fraction of sp³-hybridized carbons (Fsp3) is 0.524. The number of alkyl halides is 3. The number of amides is 1. The van der Waals surface area contributed by atoms with E-state index in [1.807, 2.05) is 30.5 Å². The lowest BCUT2D eigenvalue weighted by molar-refractivity contribution is -0.192. The highest BCUT2D eigenvalue weighted by Gasteiger charge is 2.42. The second-order valence-corrected chi connectivity index (χ2v) is 8.99. The van der Waals surface area contributed by atoms with E-state index in [4.69, 9.17) is 14.3 Å². The largest absolute Gasteiger partial charge is 0.490 e. The first-order valence-electron chi connectivity index (χ1n) is 9.99. The van der Waals surface area contributed by atoms with Crippen LogP contribution in [0.1, 0.15) is 40.5 Å². The molecule has 4 heterocycles. The number of likely N-dealkylation sites (tertiary alicyclic amines) is 2. The molecule has 2 aliphatic rings. The standard InChI is InChI=1S/C19H24N2O2S.C2HF3O2/c1-15-4-5-16(23-15)13-20-9-6-19(7-10-20)8-11-21(14-19)18(22)17-3-2-12-24-17;3-2(4,5)1(6)7/h2-5,12H,6-11,13-14H2,1H3;(H,6,7). The monoisotopic (exact) mass is 458 g/mol. The molecule has 170 valence electrons. The third kappa shape index (κ3) is 6.10. The molecule has 4 rings (SSSR count). The van der Waals surface area contributed by atoms with Gasteiger partial charge >= 0.3 is 12.1 Å². The number of carbonyl (C=O) groups excluding carboxylic acids is 1. The molecule has 0 aliphatic carbocycles. The maximum atomic E-state index is 12.6. The molecule has 2 aliphatic heterocycles. The zero-order valence-electron chi connectivity index (χ0n) is 17.2. The van der Waals surface area contributed by atoms with Gasteiger partial charge in [-0.25, -0.2) is 4.79 Å². The zero-order valence-corrected chi connectivity index (χ0v) is 18.0. The van der Waals surface area contributed by atoms with E-state index in [2.05, 4.69) is 15.9 Å². The number of furan rings is 1. The lowest BCUT2D eigenvalue weighted by atomic mass is 9.78. The Bertz CT molecular complexity index is 887. The Kier molecular flexibility index (Phi) is 7.10. The second kappa shape index (κ2) is 9.44. The minimum atomic E-state index is -5.08. The van der Waals surface area contributed by atoms with Crippen LogP contribution in [-0.4, -0.2) is 59.1 Å². The fourth-order valence-electron chi connectivity index (χ4n) is 4.05. The van der Waals surface area contributed by atoms with Crippen LogP contribution >= 0.6 is 11.3 Å². The van der Waals surface area contributed by atoms with Crippen LogP contribution in [0, 0.1) is 12.3 Å². The van der Waals surface area contributed by atoms with Crippen LogP contribution in [0.25, 0.3) is 0 Å². The molecule has 1 amide bonds. The molecule has 0 atom stereocenters. The highest BCUT2D eigenvalue weighted by molar-refractivity contribution is 7.12. The van der Waals surface area contributed by atoms with Gasteiger partial charge in [0.15, 0.2) is 0 Å². The third-order valence-electron chi connectivity index (χ3n) is 5.79. The number of thiophene rings is 1. The van der Waals surface area contributed by atoms with E-state index in [-0.39, 0.29) is 5.91 Å². The number of aryl methyl sites for hydroxylation is 1. The fourth-order valence-corrected chi connectivity index (χ4v) is 4.74. The molecule has 1 spiro atoms. The van der Waals surface area contributed by atoms with Crippen molar-refractivity contribution in [2.24, 2.45) is 5.41 Å². The summed E-state index contributed by atoms with van der Waals surface area (Å²) < 4.78 is 37.4. The molecule has 6 nitrogen and oxygen atoms in total. The van der Waals surface area contributed by atoms with Crippen molar-refractivity contribution in [2.75, 3.05) is 26.2 Å². The van der Waals surface area contributed by atoms with E-state index < -0.39 is 12.1 Å². The Hall–Kier alpha value is -2.33. The van der Waals surface area contributed by atoms with Crippen molar-refractivity contribution in [3.8, 4) is 0 Å². The Morgan fingerprint density at radius 1 is 1.16 bits per heavy atom. The maximum Gasteiger partial charge on any atom is 0.490 e. The highest BCUT2D eigenvalue weighted by atomic mass is 32.1. The predicted octanol–water partition coefficient (Wildman–Crippen LogP) is 4.41. The van der Waals surface area contributed by atoms with Gasteiger partial charge in [0.25, 0.3) is 5.91 Å². The van der Waals surface area contributed by atoms with Crippen molar-refractivity contribution < 1.29 is 32.3 Å². The van der Waals surface area contributed by atoms with Crippen molar-refractivity contribution in [1.29, 1.82) is 0 Å².